The van der Waals surface area contributed by atoms with Crippen LogP contribution < -0.4 is 0 Å². The van der Waals surface area contributed by atoms with Crippen LogP contribution in [0, 0.1) is 26.7 Å². The molecule has 0 spiro atoms. The van der Waals surface area contributed by atoms with Gasteiger partial charge in [0.25, 0.3) is 5.91 Å². The largest absolute Gasteiger partial charge is 0.338 e. The van der Waals surface area contributed by atoms with Crippen LogP contribution in [0.4, 0.5) is 0 Å². The average Bonchev–Trinajstić information content (AvgIpc) is 2.33. The summed E-state index contributed by atoms with van der Waals surface area (Å²) in [5.41, 5.74) is 4.44. The maximum atomic E-state index is 12.6. The van der Waals surface area contributed by atoms with Gasteiger partial charge in [-0.1, -0.05) is 13.0 Å². The van der Waals surface area contributed by atoms with Gasteiger partial charge in [-0.25, -0.2) is 0 Å². The molecule has 0 unspecified atom stereocenters. The molecule has 1 saturated heterocycles. The molecule has 98 valence electrons. The number of likely N-dealkylation sites (tertiary alicyclic amines) is 1. The molecule has 0 aromatic heterocycles. The van der Waals surface area contributed by atoms with Crippen LogP contribution in [0.3, 0.4) is 0 Å². The molecule has 1 atom stereocenters. The summed E-state index contributed by atoms with van der Waals surface area (Å²) in [6.45, 7) is 10.3. The second-order valence-corrected chi connectivity index (χ2v) is 5.75. The molecular weight excluding hydrogens is 222 g/mol. The zero-order valence-electron chi connectivity index (χ0n) is 11.9. The number of rotatable bonds is 1. The Labute approximate surface area is 110 Å². The Balaban J connectivity index is 2.25. The van der Waals surface area contributed by atoms with E-state index in [4.69, 9.17) is 0 Å². The Bertz CT molecular complexity index is 464. The highest BCUT2D eigenvalue weighted by atomic mass is 16.2. The second-order valence-electron chi connectivity index (χ2n) is 5.75. The second kappa shape index (κ2) is 5.13. The number of carbonyl (C=O) groups is 1. The van der Waals surface area contributed by atoms with E-state index in [0.29, 0.717) is 5.92 Å². The first-order valence-electron chi connectivity index (χ1n) is 6.86. The molecular formula is C16H23NO. The highest BCUT2D eigenvalue weighted by Crippen LogP contribution is 2.21. The van der Waals surface area contributed by atoms with Crippen LogP contribution in [-0.4, -0.2) is 23.9 Å². The van der Waals surface area contributed by atoms with Gasteiger partial charge in [0.05, 0.1) is 0 Å². The van der Waals surface area contributed by atoms with Gasteiger partial charge in [0.2, 0.25) is 0 Å². The smallest absolute Gasteiger partial charge is 0.254 e. The number of hydrogen-bond acceptors (Lipinski definition) is 1. The average molecular weight is 245 g/mol. The van der Waals surface area contributed by atoms with Crippen LogP contribution >= 0.6 is 0 Å². The Morgan fingerprint density at radius 2 is 1.83 bits per heavy atom. The summed E-state index contributed by atoms with van der Waals surface area (Å²) in [4.78, 5) is 14.6. The molecule has 1 amide bonds. The SMILES string of the molecule is Cc1cc(C)c(C(=O)N2CCC[C@@H](C)C2)cc1C. The topological polar surface area (TPSA) is 20.3 Å². The molecule has 0 aliphatic carbocycles. The quantitative estimate of drug-likeness (QED) is 0.741. The molecule has 0 bridgehead atoms. The molecule has 2 nitrogen and oxygen atoms in total. The van der Waals surface area contributed by atoms with E-state index in [9.17, 15) is 4.79 Å². The van der Waals surface area contributed by atoms with Gasteiger partial charge in [-0.15, -0.1) is 0 Å². The van der Waals surface area contributed by atoms with Gasteiger partial charge in [0, 0.05) is 18.7 Å². The predicted molar refractivity (Wildman–Crippen MR) is 75.0 cm³/mol. The summed E-state index contributed by atoms with van der Waals surface area (Å²) in [5.74, 6) is 0.844. The Morgan fingerprint density at radius 3 is 2.50 bits per heavy atom. The molecule has 2 rings (SSSR count). The van der Waals surface area contributed by atoms with E-state index in [2.05, 4.69) is 26.8 Å². The lowest BCUT2D eigenvalue weighted by Crippen LogP contribution is -2.39. The van der Waals surface area contributed by atoms with Crippen molar-refractivity contribution in [1.29, 1.82) is 0 Å². The van der Waals surface area contributed by atoms with Crippen molar-refractivity contribution in [2.45, 2.75) is 40.5 Å². The fraction of sp³-hybridized carbons (Fsp3) is 0.562. The maximum absolute atomic E-state index is 12.6. The zero-order valence-corrected chi connectivity index (χ0v) is 11.9. The van der Waals surface area contributed by atoms with E-state index in [-0.39, 0.29) is 5.91 Å². The van der Waals surface area contributed by atoms with Crippen LogP contribution in [0.2, 0.25) is 0 Å². The van der Waals surface area contributed by atoms with Gasteiger partial charge in [-0.3, -0.25) is 4.79 Å². The fourth-order valence-corrected chi connectivity index (χ4v) is 2.74. The van der Waals surface area contributed by atoms with Crippen molar-refractivity contribution in [2.75, 3.05) is 13.1 Å². The summed E-state index contributed by atoms with van der Waals surface area (Å²) in [6.07, 6.45) is 2.38. The number of piperidine rings is 1. The number of carbonyl (C=O) groups excluding carboxylic acids is 1. The lowest BCUT2D eigenvalue weighted by Gasteiger charge is -2.31. The predicted octanol–water partition coefficient (Wildman–Crippen LogP) is 3.48. The van der Waals surface area contributed by atoms with E-state index < -0.39 is 0 Å². The first kappa shape index (κ1) is 13.1. The van der Waals surface area contributed by atoms with Crippen LogP contribution in [0.25, 0.3) is 0 Å². The number of amides is 1. The lowest BCUT2D eigenvalue weighted by atomic mass is 9.96. The van der Waals surface area contributed by atoms with Gasteiger partial charge < -0.3 is 4.90 Å². The van der Waals surface area contributed by atoms with Crippen molar-refractivity contribution in [3.63, 3.8) is 0 Å². The van der Waals surface area contributed by atoms with Crippen LogP contribution in [0.5, 0.6) is 0 Å². The molecule has 1 heterocycles. The van der Waals surface area contributed by atoms with Crippen LogP contribution in [0.1, 0.15) is 46.8 Å². The molecule has 2 heteroatoms. The van der Waals surface area contributed by atoms with E-state index in [1.165, 1.54) is 17.5 Å². The van der Waals surface area contributed by atoms with Crippen molar-refractivity contribution in [1.82, 2.24) is 4.90 Å². The first-order valence-corrected chi connectivity index (χ1v) is 6.86. The van der Waals surface area contributed by atoms with Gasteiger partial charge >= 0.3 is 0 Å². The standard InChI is InChI=1S/C16H23NO/c1-11-6-5-7-17(10-11)16(18)15-9-13(3)12(2)8-14(15)4/h8-9,11H,5-7,10H2,1-4H3/t11-/m1/s1. The molecule has 0 radical (unpaired) electrons. The van der Waals surface area contributed by atoms with E-state index in [1.807, 2.05) is 17.9 Å². The highest BCUT2D eigenvalue weighted by Gasteiger charge is 2.23. The fourth-order valence-electron chi connectivity index (χ4n) is 2.74. The van der Waals surface area contributed by atoms with Crippen LogP contribution in [-0.2, 0) is 0 Å². The summed E-state index contributed by atoms with van der Waals surface area (Å²) >= 11 is 0. The molecule has 1 aromatic carbocycles. The number of nitrogens with zero attached hydrogens (tertiary/aromatic N) is 1. The highest BCUT2D eigenvalue weighted by molar-refractivity contribution is 5.96. The van der Waals surface area contributed by atoms with E-state index in [1.54, 1.807) is 0 Å². The van der Waals surface area contributed by atoms with Crippen LogP contribution in [0.15, 0.2) is 12.1 Å². The minimum atomic E-state index is 0.210. The van der Waals surface area contributed by atoms with Gasteiger partial charge in [-0.2, -0.15) is 0 Å². The third-order valence-corrected chi connectivity index (χ3v) is 4.02. The molecule has 1 aliphatic rings. The van der Waals surface area contributed by atoms with Gasteiger partial charge in [0.1, 0.15) is 0 Å². The molecule has 0 N–H and O–H groups in total. The Kier molecular flexibility index (Phi) is 3.74. The van der Waals surface area contributed by atoms with E-state index in [0.717, 1.165) is 30.6 Å². The third kappa shape index (κ3) is 2.58. The van der Waals surface area contributed by atoms with Crippen molar-refractivity contribution >= 4 is 5.91 Å². The Hall–Kier alpha value is -1.31. The van der Waals surface area contributed by atoms with Crippen molar-refractivity contribution in [3.05, 3.63) is 34.4 Å². The Morgan fingerprint density at radius 1 is 1.17 bits per heavy atom. The number of benzene rings is 1. The lowest BCUT2D eigenvalue weighted by molar-refractivity contribution is 0.0682. The van der Waals surface area contributed by atoms with Crippen molar-refractivity contribution < 1.29 is 4.79 Å². The van der Waals surface area contributed by atoms with Crippen molar-refractivity contribution in [3.8, 4) is 0 Å². The molecule has 1 aliphatic heterocycles. The molecule has 0 saturated carbocycles. The number of aryl methyl sites for hydroxylation is 3. The third-order valence-electron chi connectivity index (χ3n) is 4.02. The summed E-state index contributed by atoms with van der Waals surface area (Å²) < 4.78 is 0. The van der Waals surface area contributed by atoms with E-state index >= 15 is 0 Å². The molecule has 18 heavy (non-hydrogen) atoms. The minimum absolute atomic E-state index is 0.210. The monoisotopic (exact) mass is 245 g/mol. The normalized spacial score (nSPS) is 20.0. The molecule has 1 aromatic rings. The summed E-state index contributed by atoms with van der Waals surface area (Å²) in [5, 5.41) is 0. The molecule has 1 fully saturated rings. The zero-order chi connectivity index (χ0) is 13.3. The summed E-state index contributed by atoms with van der Waals surface area (Å²) in [6, 6.07) is 4.17. The van der Waals surface area contributed by atoms with Gasteiger partial charge in [-0.05, 0) is 62.3 Å². The minimum Gasteiger partial charge on any atom is -0.338 e. The van der Waals surface area contributed by atoms with Gasteiger partial charge in [0.15, 0.2) is 0 Å². The first-order chi connectivity index (χ1) is 8.49. The van der Waals surface area contributed by atoms with Crippen molar-refractivity contribution in [2.24, 2.45) is 5.92 Å². The number of hydrogen-bond donors (Lipinski definition) is 0. The summed E-state index contributed by atoms with van der Waals surface area (Å²) in [7, 11) is 0. The maximum Gasteiger partial charge on any atom is 0.254 e.